The fourth-order valence-electron chi connectivity index (χ4n) is 2.44. The Morgan fingerprint density at radius 1 is 1.35 bits per heavy atom. The highest BCUT2D eigenvalue weighted by Crippen LogP contribution is 2.27. The first-order valence-electron chi connectivity index (χ1n) is 5.93. The molecule has 2 N–H and O–H groups in total. The number of aryl methyl sites for hydroxylation is 1. The van der Waals surface area contributed by atoms with E-state index >= 15 is 0 Å². The van der Waals surface area contributed by atoms with Gasteiger partial charge in [0.15, 0.2) is 5.82 Å². The van der Waals surface area contributed by atoms with Crippen LogP contribution in [-0.2, 0) is 7.05 Å². The molecular formula is C12H17N5. The van der Waals surface area contributed by atoms with Crippen LogP contribution in [0.2, 0.25) is 0 Å². The van der Waals surface area contributed by atoms with Crippen molar-refractivity contribution in [2.45, 2.75) is 13.0 Å². The molecule has 2 aromatic rings. The molecule has 0 saturated carbocycles. The lowest BCUT2D eigenvalue weighted by Crippen LogP contribution is -2.28. The standard InChI is InChI=1S/C12H17N5/c1-8-5-17(6-9(8)13)12-11-10(3-4-14-12)16(2)7-15-11/h3-4,7-9H,5-6,13H2,1-2H3. The van der Waals surface area contributed by atoms with Crippen molar-refractivity contribution in [2.75, 3.05) is 18.0 Å². The van der Waals surface area contributed by atoms with E-state index in [-0.39, 0.29) is 6.04 Å². The Kier molecular flexibility index (Phi) is 2.29. The van der Waals surface area contributed by atoms with Gasteiger partial charge in [0.05, 0.1) is 11.8 Å². The Balaban J connectivity index is 2.06. The summed E-state index contributed by atoms with van der Waals surface area (Å²) < 4.78 is 2.01. The van der Waals surface area contributed by atoms with Crippen LogP contribution in [0.5, 0.6) is 0 Å². The molecular weight excluding hydrogens is 214 g/mol. The highest BCUT2D eigenvalue weighted by atomic mass is 15.2. The quantitative estimate of drug-likeness (QED) is 0.787. The molecule has 5 nitrogen and oxygen atoms in total. The van der Waals surface area contributed by atoms with Crippen molar-refractivity contribution in [3.05, 3.63) is 18.6 Å². The molecule has 1 aliphatic rings. The van der Waals surface area contributed by atoms with Gasteiger partial charge in [-0.25, -0.2) is 9.97 Å². The number of nitrogens with two attached hydrogens (primary N) is 1. The number of nitrogens with zero attached hydrogens (tertiary/aromatic N) is 4. The van der Waals surface area contributed by atoms with Crippen LogP contribution in [0.1, 0.15) is 6.92 Å². The van der Waals surface area contributed by atoms with E-state index in [1.807, 2.05) is 30.2 Å². The first-order valence-corrected chi connectivity index (χ1v) is 5.93. The molecule has 1 fully saturated rings. The molecule has 90 valence electrons. The predicted octanol–water partition coefficient (Wildman–Crippen LogP) is 0.752. The summed E-state index contributed by atoms with van der Waals surface area (Å²) in [5.74, 6) is 1.47. The molecule has 5 heteroatoms. The third kappa shape index (κ3) is 1.58. The lowest BCUT2D eigenvalue weighted by atomic mass is 10.1. The van der Waals surface area contributed by atoms with Crippen LogP contribution in [0.4, 0.5) is 5.82 Å². The summed E-state index contributed by atoms with van der Waals surface area (Å²) in [5.41, 5.74) is 8.14. The van der Waals surface area contributed by atoms with Crippen LogP contribution < -0.4 is 10.6 Å². The van der Waals surface area contributed by atoms with Gasteiger partial charge in [0, 0.05) is 32.4 Å². The summed E-state index contributed by atoms with van der Waals surface area (Å²) in [6.07, 6.45) is 3.67. The zero-order chi connectivity index (χ0) is 12.0. The highest BCUT2D eigenvalue weighted by molar-refractivity contribution is 5.86. The highest BCUT2D eigenvalue weighted by Gasteiger charge is 2.28. The average molecular weight is 231 g/mol. The van der Waals surface area contributed by atoms with E-state index in [1.54, 1.807) is 0 Å². The van der Waals surface area contributed by atoms with Crippen LogP contribution in [0.25, 0.3) is 11.0 Å². The van der Waals surface area contributed by atoms with E-state index in [4.69, 9.17) is 5.73 Å². The molecule has 0 aliphatic carbocycles. The second-order valence-corrected chi connectivity index (χ2v) is 4.90. The molecule has 3 heterocycles. The average Bonchev–Trinajstić information content (AvgIpc) is 2.84. The van der Waals surface area contributed by atoms with Crippen molar-refractivity contribution < 1.29 is 0 Å². The van der Waals surface area contributed by atoms with Crippen molar-refractivity contribution >= 4 is 16.9 Å². The Morgan fingerprint density at radius 2 is 2.18 bits per heavy atom. The number of rotatable bonds is 1. The van der Waals surface area contributed by atoms with Crippen molar-refractivity contribution in [3.8, 4) is 0 Å². The molecule has 3 rings (SSSR count). The zero-order valence-electron chi connectivity index (χ0n) is 10.2. The minimum Gasteiger partial charge on any atom is -0.353 e. The Bertz CT molecular complexity index is 537. The lowest BCUT2D eigenvalue weighted by molar-refractivity contribution is 0.566. The number of aromatic nitrogens is 3. The third-order valence-corrected chi connectivity index (χ3v) is 3.59. The van der Waals surface area contributed by atoms with E-state index in [1.165, 1.54) is 0 Å². The van der Waals surface area contributed by atoms with Gasteiger partial charge >= 0.3 is 0 Å². The Hall–Kier alpha value is -1.62. The molecule has 2 atom stereocenters. The molecule has 2 aromatic heterocycles. The molecule has 2 unspecified atom stereocenters. The maximum Gasteiger partial charge on any atom is 0.156 e. The van der Waals surface area contributed by atoms with Crippen LogP contribution in [0.3, 0.4) is 0 Å². The van der Waals surface area contributed by atoms with Crippen molar-refractivity contribution in [2.24, 2.45) is 18.7 Å². The minimum absolute atomic E-state index is 0.232. The molecule has 1 saturated heterocycles. The third-order valence-electron chi connectivity index (χ3n) is 3.59. The number of pyridine rings is 1. The van der Waals surface area contributed by atoms with E-state index < -0.39 is 0 Å². The van der Waals surface area contributed by atoms with Gasteiger partial charge in [0.2, 0.25) is 0 Å². The van der Waals surface area contributed by atoms with Crippen LogP contribution >= 0.6 is 0 Å². The van der Waals surface area contributed by atoms with Gasteiger partial charge in [0.1, 0.15) is 5.52 Å². The van der Waals surface area contributed by atoms with Gasteiger partial charge < -0.3 is 15.2 Å². The number of hydrogen-bond donors (Lipinski definition) is 1. The van der Waals surface area contributed by atoms with Gasteiger partial charge in [-0.3, -0.25) is 0 Å². The molecule has 1 aliphatic heterocycles. The normalized spacial score (nSPS) is 24.8. The topological polar surface area (TPSA) is 60.0 Å². The molecule has 0 amide bonds. The molecule has 0 spiro atoms. The summed E-state index contributed by atoms with van der Waals surface area (Å²) in [5, 5.41) is 0. The van der Waals surface area contributed by atoms with E-state index in [9.17, 15) is 0 Å². The maximum atomic E-state index is 6.06. The second kappa shape index (κ2) is 3.70. The van der Waals surface area contributed by atoms with Crippen molar-refractivity contribution in [1.29, 1.82) is 0 Å². The summed E-state index contributed by atoms with van der Waals surface area (Å²) in [7, 11) is 2.00. The summed E-state index contributed by atoms with van der Waals surface area (Å²) in [4.78, 5) is 11.1. The summed E-state index contributed by atoms with van der Waals surface area (Å²) >= 11 is 0. The predicted molar refractivity (Wildman–Crippen MR) is 67.9 cm³/mol. The van der Waals surface area contributed by atoms with Crippen LogP contribution in [-0.4, -0.2) is 33.7 Å². The smallest absolute Gasteiger partial charge is 0.156 e. The van der Waals surface area contributed by atoms with E-state index in [0.29, 0.717) is 5.92 Å². The maximum absolute atomic E-state index is 6.06. The Labute approximate surface area is 100 Å². The molecule has 0 radical (unpaired) electrons. The van der Waals surface area contributed by atoms with Gasteiger partial charge in [-0.05, 0) is 12.0 Å². The molecule has 0 bridgehead atoms. The van der Waals surface area contributed by atoms with Crippen molar-refractivity contribution in [1.82, 2.24) is 14.5 Å². The molecule has 0 aromatic carbocycles. The van der Waals surface area contributed by atoms with Crippen LogP contribution in [0.15, 0.2) is 18.6 Å². The van der Waals surface area contributed by atoms with Gasteiger partial charge in [-0.2, -0.15) is 0 Å². The minimum atomic E-state index is 0.232. The first kappa shape index (κ1) is 10.5. The van der Waals surface area contributed by atoms with Gasteiger partial charge in [-0.15, -0.1) is 0 Å². The largest absolute Gasteiger partial charge is 0.353 e. The number of hydrogen-bond acceptors (Lipinski definition) is 4. The zero-order valence-corrected chi connectivity index (χ0v) is 10.2. The number of anilines is 1. The lowest BCUT2D eigenvalue weighted by Gasteiger charge is -2.17. The van der Waals surface area contributed by atoms with E-state index in [0.717, 1.165) is 29.9 Å². The van der Waals surface area contributed by atoms with Gasteiger partial charge in [-0.1, -0.05) is 6.92 Å². The van der Waals surface area contributed by atoms with Crippen molar-refractivity contribution in [3.63, 3.8) is 0 Å². The Morgan fingerprint density at radius 3 is 2.88 bits per heavy atom. The van der Waals surface area contributed by atoms with E-state index in [2.05, 4.69) is 21.8 Å². The fourth-order valence-corrected chi connectivity index (χ4v) is 2.44. The second-order valence-electron chi connectivity index (χ2n) is 4.90. The van der Waals surface area contributed by atoms with Crippen LogP contribution in [0, 0.1) is 5.92 Å². The SMILES string of the molecule is CC1CN(c2nccc3c2ncn3C)CC1N. The van der Waals surface area contributed by atoms with Gasteiger partial charge in [0.25, 0.3) is 0 Å². The summed E-state index contributed by atoms with van der Waals surface area (Å²) in [6.45, 7) is 4.01. The summed E-state index contributed by atoms with van der Waals surface area (Å²) in [6, 6.07) is 2.22. The fraction of sp³-hybridized carbons (Fsp3) is 0.500. The number of fused-ring (bicyclic) bond motifs is 1. The number of imidazole rings is 1. The first-order chi connectivity index (χ1) is 8.16. The molecule has 17 heavy (non-hydrogen) atoms. The monoisotopic (exact) mass is 231 g/mol.